The Kier molecular flexibility index (Phi) is 4.28. The molecule has 0 atom stereocenters. The summed E-state index contributed by atoms with van der Waals surface area (Å²) in [5, 5.41) is 0. The molecule has 0 spiro atoms. The molecule has 0 radical (unpaired) electrons. The summed E-state index contributed by atoms with van der Waals surface area (Å²) in [6, 6.07) is 6.88. The van der Waals surface area contributed by atoms with Crippen LogP contribution in [-0.4, -0.2) is 8.42 Å². The Labute approximate surface area is 119 Å². The van der Waals surface area contributed by atoms with Crippen molar-refractivity contribution in [3.63, 3.8) is 0 Å². The van der Waals surface area contributed by atoms with Gasteiger partial charge < -0.3 is 0 Å². The molecule has 0 heterocycles. The van der Waals surface area contributed by atoms with Crippen LogP contribution in [0.2, 0.25) is 0 Å². The molecular weight excluding hydrogens is 277 g/mol. The van der Waals surface area contributed by atoms with Crippen molar-refractivity contribution in [2.75, 3.05) is 0 Å². The first-order valence-electron chi connectivity index (χ1n) is 6.56. The fraction of sp³-hybridized carbons (Fsp3) is 0.333. The van der Waals surface area contributed by atoms with Gasteiger partial charge in [-0.25, -0.2) is 12.8 Å². The highest BCUT2D eigenvalue weighted by atomic mass is 32.2. The van der Waals surface area contributed by atoms with E-state index < -0.39 is 10.0 Å². The van der Waals surface area contributed by atoms with Crippen molar-refractivity contribution in [3.05, 3.63) is 53.5 Å². The van der Waals surface area contributed by atoms with Gasteiger partial charge in [-0.3, -0.25) is 4.72 Å². The molecule has 5 heteroatoms. The van der Waals surface area contributed by atoms with Gasteiger partial charge in [-0.05, 0) is 42.2 Å². The highest BCUT2D eigenvalue weighted by Gasteiger charge is 2.17. The van der Waals surface area contributed by atoms with Crippen LogP contribution in [0.5, 0.6) is 0 Å². The largest absolute Gasteiger partial charge is 0.283 e. The Balaban J connectivity index is 2.25. The normalized spacial score (nSPS) is 15.8. The molecular formula is C15H18FNO2S. The Morgan fingerprint density at radius 2 is 1.95 bits per heavy atom. The van der Waals surface area contributed by atoms with Gasteiger partial charge in [-0.1, -0.05) is 26.0 Å². The summed E-state index contributed by atoms with van der Waals surface area (Å²) in [5.74, 6) is 0.0332. The monoisotopic (exact) mass is 295 g/mol. The molecule has 0 aromatic heterocycles. The van der Waals surface area contributed by atoms with Crippen molar-refractivity contribution >= 4 is 10.0 Å². The number of rotatable bonds is 4. The van der Waals surface area contributed by atoms with Gasteiger partial charge in [0.15, 0.2) is 0 Å². The van der Waals surface area contributed by atoms with Crippen LogP contribution >= 0.6 is 0 Å². The molecule has 0 unspecified atom stereocenters. The van der Waals surface area contributed by atoms with E-state index in [-0.39, 0.29) is 23.1 Å². The summed E-state index contributed by atoms with van der Waals surface area (Å²) in [4.78, 5) is 0.236. The van der Waals surface area contributed by atoms with E-state index in [0.29, 0.717) is 12.1 Å². The van der Waals surface area contributed by atoms with Crippen molar-refractivity contribution < 1.29 is 12.8 Å². The molecule has 1 N–H and O–H groups in total. The van der Waals surface area contributed by atoms with E-state index in [1.807, 2.05) is 19.9 Å². The molecule has 1 aromatic carbocycles. The maximum atomic E-state index is 12.9. The lowest BCUT2D eigenvalue weighted by atomic mass is 10.0. The number of hydrogen-bond acceptors (Lipinski definition) is 2. The zero-order valence-electron chi connectivity index (χ0n) is 11.6. The molecule has 0 aliphatic heterocycles. The Hall–Kier alpha value is -1.62. The van der Waals surface area contributed by atoms with Gasteiger partial charge in [-0.2, -0.15) is 0 Å². The minimum atomic E-state index is -3.60. The molecule has 2 rings (SSSR count). The SMILES string of the molecule is CC(C)c1cccc(S(=O)(=O)NC2=CC=C(F)CC2)c1. The lowest BCUT2D eigenvalue weighted by molar-refractivity contribution is 0.568. The van der Waals surface area contributed by atoms with Crippen LogP contribution in [0.25, 0.3) is 0 Å². The van der Waals surface area contributed by atoms with Gasteiger partial charge in [0, 0.05) is 12.1 Å². The molecule has 0 amide bonds. The molecule has 1 aliphatic rings. The smallest absolute Gasteiger partial charge is 0.261 e. The highest BCUT2D eigenvalue weighted by molar-refractivity contribution is 7.89. The van der Waals surface area contributed by atoms with Crippen LogP contribution in [0.15, 0.2) is 52.8 Å². The summed E-state index contributed by atoms with van der Waals surface area (Å²) < 4.78 is 40.0. The minimum absolute atomic E-state index is 0.227. The molecule has 0 fully saturated rings. The average molecular weight is 295 g/mol. The van der Waals surface area contributed by atoms with Crippen LogP contribution < -0.4 is 4.72 Å². The second kappa shape index (κ2) is 5.79. The number of sulfonamides is 1. The molecule has 0 bridgehead atoms. The second-order valence-corrected chi connectivity index (χ2v) is 6.82. The summed E-state index contributed by atoms with van der Waals surface area (Å²) in [6.45, 7) is 4.02. The van der Waals surface area contributed by atoms with Crippen molar-refractivity contribution in [2.45, 2.75) is 37.5 Å². The third kappa shape index (κ3) is 3.48. The van der Waals surface area contributed by atoms with Gasteiger partial charge in [0.25, 0.3) is 10.0 Å². The first-order valence-corrected chi connectivity index (χ1v) is 8.05. The fourth-order valence-electron chi connectivity index (χ4n) is 1.97. The topological polar surface area (TPSA) is 46.2 Å². The fourth-order valence-corrected chi connectivity index (χ4v) is 3.15. The summed E-state index contributed by atoms with van der Waals surface area (Å²) in [5.41, 5.74) is 1.48. The van der Waals surface area contributed by atoms with E-state index in [4.69, 9.17) is 0 Å². The minimum Gasteiger partial charge on any atom is -0.283 e. The van der Waals surface area contributed by atoms with Crippen molar-refractivity contribution in [2.24, 2.45) is 0 Å². The number of halogens is 1. The van der Waals surface area contributed by atoms with E-state index in [0.717, 1.165) is 5.56 Å². The van der Waals surface area contributed by atoms with Crippen LogP contribution in [0, 0.1) is 0 Å². The zero-order valence-corrected chi connectivity index (χ0v) is 12.4. The first kappa shape index (κ1) is 14.8. The first-order chi connectivity index (χ1) is 9.38. The summed E-state index contributed by atoms with van der Waals surface area (Å²) in [6.07, 6.45) is 3.38. The maximum Gasteiger partial charge on any atom is 0.261 e. The molecule has 1 aromatic rings. The van der Waals surface area contributed by atoms with Gasteiger partial charge >= 0.3 is 0 Å². The van der Waals surface area contributed by atoms with Gasteiger partial charge in [0.05, 0.1) is 4.90 Å². The second-order valence-electron chi connectivity index (χ2n) is 5.14. The Bertz CT molecular complexity index is 660. The summed E-state index contributed by atoms with van der Waals surface area (Å²) in [7, 11) is -3.60. The molecule has 108 valence electrons. The molecule has 0 saturated heterocycles. The van der Waals surface area contributed by atoms with E-state index in [1.54, 1.807) is 18.2 Å². The van der Waals surface area contributed by atoms with Crippen LogP contribution in [0.4, 0.5) is 4.39 Å². The van der Waals surface area contributed by atoms with Crippen molar-refractivity contribution in [1.82, 2.24) is 4.72 Å². The van der Waals surface area contributed by atoms with Crippen molar-refractivity contribution in [1.29, 1.82) is 0 Å². The highest BCUT2D eigenvalue weighted by Crippen LogP contribution is 2.21. The molecule has 1 aliphatic carbocycles. The van der Waals surface area contributed by atoms with Crippen LogP contribution in [0.3, 0.4) is 0 Å². The lowest BCUT2D eigenvalue weighted by Gasteiger charge is -2.14. The molecule has 0 saturated carbocycles. The third-order valence-electron chi connectivity index (χ3n) is 3.20. The summed E-state index contributed by atoms with van der Waals surface area (Å²) >= 11 is 0. The zero-order chi connectivity index (χ0) is 14.8. The van der Waals surface area contributed by atoms with E-state index in [2.05, 4.69) is 4.72 Å². The standard InChI is InChI=1S/C15H18FNO2S/c1-11(2)12-4-3-5-15(10-12)20(18,19)17-14-8-6-13(16)7-9-14/h3-6,8,10-11,17H,7,9H2,1-2H3. The lowest BCUT2D eigenvalue weighted by Crippen LogP contribution is -2.24. The number of hydrogen-bond donors (Lipinski definition) is 1. The predicted octanol–water partition coefficient (Wildman–Crippen LogP) is 3.62. The van der Waals surface area contributed by atoms with E-state index >= 15 is 0 Å². The van der Waals surface area contributed by atoms with Crippen molar-refractivity contribution in [3.8, 4) is 0 Å². The van der Waals surface area contributed by atoms with Gasteiger partial charge in [0.2, 0.25) is 0 Å². The molecule has 3 nitrogen and oxygen atoms in total. The van der Waals surface area contributed by atoms with E-state index in [1.165, 1.54) is 12.2 Å². The Morgan fingerprint density at radius 3 is 2.55 bits per heavy atom. The quantitative estimate of drug-likeness (QED) is 0.922. The number of benzene rings is 1. The van der Waals surface area contributed by atoms with Crippen LogP contribution in [0.1, 0.15) is 38.2 Å². The average Bonchev–Trinajstić information content (AvgIpc) is 2.41. The van der Waals surface area contributed by atoms with Gasteiger partial charge in [-0.15, -0.1) is 0 Å². The maximum absolute atomic E-state index is 12.9. The van der Waals surface area contributed by atoms with Crippen LogP contribution in [-0.2, 0) is 10.0 Å². The van der Waals surface area contributed by atoms with Gasteiger partial charge in [0.1, 0.15) is 5.83 Å². The number of nitrogens with one attached hydrogen (secondary N) is 1. The predicted molar refractivity (Wildman–Crippen MR) is 77.4 cm³/mol. The number of allylic oxidation sites excluding steroid dienone is 4. The third-order valence-corrected chi connectivity index (χ3v) is 4.60. The molecule has 20 heavy (non-hydrogen) atoms. The van der Waals surface area contributed by atoms with E-state index in [9.17, 15) is 12.8 Å². The Morgan fingerprint density at radius 1 is 1.20 bits per heavy atom.